The molecule has 1 fully saturated rings. The van der Waals surface area contributed by atoms with Gasteiger partial charge in [0.25, 0.3) is 0 Å². The fourth-order valence-electron chi connectivity index (χ4n) is 1.18. The van der Waals surface area contributed by atoms with E-state index in [0.29, 0.717) is 6.04 Å². The number of hydrogen-bond acceptors (Lipinski definition) is 2. The average Bonchev–Trinajstić information content (AvgIpc) is 2.63. The molecule has 1 saturated heterocycles. The van der Waals surface area contributed by atoms with E-state index in [1.165, 1.54) is 18.6 Å². The lowest BCUT2D eigenvalue weighted by atomic mass is 10.4. The van der Waals surface area contributed by atoms with Crippen LogP contribution >= 0.6 is 0 Å². The van der Waals surface area contributed by atoms with Gasteiger partial charge in [-0.2, -0.15) is 0 Å². The Morgan fingerprint density at radius 3 is 3.20 bits per heavy atom. The fourth-order valence-corrected chi connectivity index (χ4v) is 1.18. The number of ether oxygens (including phenoxy) is 1. The van der Waals surface area contributed by atoms with Crippen molar-refractivity contribution in [3.8, 4) is 0 Å². The van der Waals surface area contributed by atoms with E-state index in [1.807, 2.05) is 0 Å². The zero-order chi connectivity index (χ0) is 6.81. The fraction of sp³-hybridized carbons (Fsp3) is 0.750. The summed E-state index contributed by atoms with van der Waals surface area (Å²) >= 11 is 0. The van der Waals surface area contributed by atoms with Crippen molar-refractivity contribution >= 4 is 0 Å². The molecule has 0 spiro atoms. The highest BCUT2D eigenvalue weighted by Crippen LogP contribution is 2.18. The first-order valence-electron chi connectivity index (χ1n) is 4.00. The molecule has 2 rings (SSSR count). The normalized spacial score (nSPS) is 30.0. The van der Waals surface area contributed by atoms with Gasteiger partial charge >= 0.3 is 0 Å². The van der Waals surface area contributed by atoms with Gasteiger partial charge in [-0.3, -0.25) is 0 Å². The number of rotatable bonds is 3. The monoisotopic (exact) mass is 139 g/mol. The van der Waals surface area contributed by atoms with Crippen LogP contribution in [0.3, 0.4) is 0 Å². The minimum atomic E-state index is 0.654. The topological polar surface area (TPSA) is 31.2 Å². The van der Waals surface area contributed by atoms with Gasteiger partial charge in [0.05, 0.1) is 11.8 Å². The van der Waals surface area contributed by atoms with Gasteiger partial charge in [0, 0.05) is 13.0 Å². The molecule has 0 aromatic carbocycles. The number of nitrogens with one attached hydrogen (secondary N) is 1. The highest BCUT2D eigenvalue weighted by atomic mass is 16.5. The van der Waals surface area contributed by atoms with Gasteiger partial charge in [-0.25, -0.2) is 0 Å². The van der Waals surface area contributed by atoms with Crippen molar-refractivity contribution in [1.29, 1.82) is 0 Å². The molecular weight excluding hydrogens is 126 g/mol. The molecule has 0 saturated carbocycles. The van der Waals surface area contributed by atoms with Crippen molar-refractivity contribution in [1.82, 2.24) is 5.32 Å². The van der Waals surface area contributed by atoms with E-state index >= 15 is 0 Å². The summed E-state index contributed by atoms with van der Waals surface area (Å²) in [5.41, 5.74) is 0. The molecule has 1 aliphatic carbocycles. The third-order valence-corrected chi connectivity index (χ3v) is 1.96. The molecule has 2 aliphatic rings. The molecule has 10 heavy (non-hydrogen) atoms. The molecule has 1 atom stereocenters. The standard InChI is InChI=1S/C8H13NO/c1-2-4-8(3-1)10-6-7-5-9-7/h3,7,9H,1-2,4-6H2. The molecule has 1 N–H and O–H groups in total. The first-order chi connectivity index (χ1) is 4.95. The first-order valence-corrected chi connectivity index (χ1v) is 4.00. The zero-order valence-corrected chi connectivity index (χ0v) is 6.10. The highest BCUT2D eigenvalue weighted by Gasteiger charge is 2.21. The Bertz CT molecular complexity index is 149. The quantitative estimate of drug-likeness (QED) is 0.592. The van der Waals surface area contributed by atoms with E-state index in [2.05, 4.69) is 11.4 Å². The molecule has 2 nitrogen and oxygen atoms in total. The smallest absolute Gasteiger partial charge is 0.104 e. The average molecular weight is 139 g/mol. The van der Waals surface area contributed by atoms with Crippen LogP contribution in [0.5, 0.6) is 0 Å². The van der Waals surface area contributed by atoms with Crippen LogP contribution in [0, 0.1) is 0 Å². The summed E-state index contributed by atoms with van der Waals surface area (Å²) in [5, 5.41) is 3.21. The molecule has 0 aromatic rings. The first kappa shape index (κ1) is 6.23. The number of hydrogen-bond donors (Lipinski definition) is 1. The molecule has 1 heterocycles. The van der Waals surface area contributed by atoms with E-state index in [4.69, 9.17) is 4.74 Å². The molecule has 0 radical (unpaired) electrons. The van der Waals surface area contributed by atoms with Crippen LogP contribution < -0.4 is 5.32 Å². The Balaban J connectivity index is 1.68. The van der Waals surface area contributed by atoms with Gasteiger partial charge in [0.2, 0.25) is 0 Å². The largest absolute Gasteiger partial charge is 0.497 e. The Morgan fingerprint density at radius 2 is 2.60 bits per heavy atom. The van der Waals surface area contributed by atoms with Crippen molar-refractivity contribution in [2.45, 2.75) is 25.3 Å². The Hall–Kier alpha value is -0.500. The summed E-state index contributed by atoms with van der Waals surface area (Å²) in [6.45, 7) is 2.03. The predicted molar refractivity (Wildman–Crippen MR) is 39.7 cm³/mol. The van der Waals surface area contributed by atoms with Gasteiger partial charge in [0.1, 0.15) is 6.61 Å². The van der Waals surface area contributed by atoms with Crippen LogP contribution in [-0.2, 0) is 4.74 Å². The van der Waals surface area contributed by atoms with Gasteiger partial charge < -0.3 is 10.1 Å². The van der Waals surface area contributed by atoms with Crippen molar-refractivity contribution in [3.63, 3.8) is 0 Å². The van der Waals surface area contributed by atoms with Crippen LogP contribution in [0.1, 0.15) is 19.3 Å². The van der Waals surface area contributed by atoms with E-state index < -0.39 is 0 Å². The lowest BCUT2D eigenvalue weighted by Gasteiger charge is -2.03. The predicted octanol–water partition coefficient (Wildman–Crippen LogP) is 1.04. The maximum atomic E-state index is 5.53. The second kappa shape index (κ2) is 2.62. The minimum absolute atomic E-state index is 0.654. The van der Waals surface area contributed by atoms with E-state index in [0.717, 1.165) is 19.6 Å². The van der Waals surface area contributed by atoms with Crippen molar-refractivity contribution in [2.24, 2.45) is 0 Å². The van der Waals surface area contributed by atoms with Crippen molar-refractivity contribution < 1.29 is 4.74 Å². The van der Waals surface area contributed by atoms with Gasteiger partial charge in [0.15, 0.2) is 0 Å². The minimum Gasteiger partial charge on any atom is -0.497 e. The van der Waals surface area contributed by atoms with Crippen LogP contribution in [-0.4, -0.2) is 19.2 Å². The lowest BCUT2D eigenvalue weighted by Crippen LogP contribution is -2.02. The molecular formula is C8H13NO. The Morgan fingerprint density at radius 1 is 1.70 bits per heavy atom. The molecule has 0 aromatic heterocycles. The SMILES string of the molecule is C1=C(OCC2CN2)CCC1. The molecule has 1 aliphatic heterocycles. The second-order valence-electron chi connectivity index (χ2n) is 2.98. The molecule has 1 unspecified atom stereocenters. The van der Waals surface area contributed by atoms with E-state index in [9.17, 15) is 0 Å². The van der Waals surface area contributed by atoms with Gasteiger partial charge in [-0.05, 0) is 18.9 Å². The van der Waals surface area contributed by atoms with Gasteiger partial charge in [-0.15, -0.1) is 0 Å². The van der Waals surface area contributed by atoms with Gasteiger partial charge in [-0.1, -0.05) is 0 Å². The van der Waals surface area contributed by atoms with Crippen LogP contribution in [0.4, 0.5) is 0 Å². The summed E-state index contributed by atoms with van der Waals surface area (Å²) in [6.07, 6.45) is 5.87. The van der Waals surface area contributed by atoms with E-state index in [1.54, 1.807) is 0 Å². The summed E-state index contributed by atoms with van der Waals surface area (Å²) in [5.74, 6) is 1.22. The van der Waals surface area contributed by atoms with Crippen molar-refractivity contribution in [3.05, 3.63) is 11.8 Å². The highest BCUT2D eigenvalue weighted by molar-refractivity contribution is 5.00. The molecule has 2 heteroatoms. The number of allylic oxidation sites excluding steroid dienone is 2. The van der Waals surface area contributed by atoms with E-state index in [-0.39, 0.29) is 0 Å². The van der Waals surface area contributed by atoms with Crippen molar-refractivity contribution in [2.75, 3.05) is 13.2 Å². The van der Waals surface area contributed by atoms with Crippen LogP contribution in [0.2, 0.25) is 0 Å². The zero-order valence-electron chi connectivity index (χ0n) is 6.10. The maximum Gasteiger partial charge on any atom is 0.104 e. The molecule has 0 bridgehead atoms. The summed E-state index contributed by atoms with van der Waals surface area (Å²) in [4.78, 5) is 0. The summed E-state index contributed by atoms with van der Waals surface area (Å²) in [6, 6.07) is 0.654. The maximum absolute atomic E-state index is 5.53. The third-order valence-electron chi connectivity index (χ3n) is 1.96. The molecule has 0 amide bonds. The van der Waals surface area contributed by atoms with Crippen LogP contribution in [0.25, 0.3) is 0 Å². The lowest BCUT2D eigenvalue weighted by molar-refractivity contribution is 0.208. The second-order valence-corrected chi connectivity index (χ2v) is 2.98. The Kier molecular flexibility index (Phi) is 1.63. The Labute approximate surface area is 61.3 Å². The summed E-state index contributed by atoms with van der Waals surface area (Å²) in [7, 11) is 0. The van der Waals surface area contributed by atoms with Crippen LogP contribution in [0.15, 0.2) is 11.8 Å². The third kappa shape index (κ3) is 1.51. The molecule has 56 valence electrons. The summed E-state index contributed by atoms with van der Waals surface area (Å²) < 4.78 is 5.53.